The van der Waals surface area contributed by atoms with Gasteiger partial charge in [-0.3, -0.25) is 19.8 Å². The zero-order valence-corrected chi connectivity index (χ0v) is 18.0. The molecule has 4 atom stereocenters. The second kappa shape index (κ2) is 10.1. The molecule has 0 radical (unpaired) electrons. The number of ether oxygens (including phenoxy) is 3. The maximum atomic E-state index is 15.2. The van der Waals surface area contributed by atoms with Gasteiger partial charge in [0, 0.05) is 37.7 Å². The monoisotopic (exact) mass is 467 g/mol. The van der Waals surface area contributed by atoms with Crippen LogP contribution in [0, 0.1) is 11.7 Å². The van der Waals surface area contributed by atoms with Crippen molar-refractivity contribution in [2.45, 2.75) is 50.0 Å². The molecule has 0 aliphatic carbocycles. The fraction of sp³-hybridized carbons (Fsp3) is 0.591. The van der Waals surface area contributed by atoms with Crippen LogP contribution in [0.5, 0.6) is 5.75 Å². The van der Waals surface area contributed by atoms with Gasteiger partial charge in [0.15, 0.2) is 0 Å². The van der Waals surface area contributed by atoms with E-state index in [9.17, 15) is 18.8 Å². The van der Waals surface area contributed by atoms with Crippen LogP contribution in [0.2, 0.25) is 0 Å². The highest BCUT2D eigenvalue weighted by atomic mass is 19.1. The van der Waals surface area contributed by atoms with E-state index in [2.05, 4.69) is 5.32 Å². The number of urea groups is 1. The van der Waals surface area contributed by atoms with E-state index >= 15 is 4.39 Å². The first-order valence-corrected chi connectivity index (χ1v) is 11.0. The molecule has 1 unspecified atom stereocenters. The SMILES string of the molecule is N[C@@H](c1cc(O[C@@H]2CCOC2)ccc1F)[C@@H](F)CC1C(=O)NC(=O)N(C2CCOCC2)C1=O. The van der Waals surface area contributed by atoms with Gasteiger partial charge in [0.05, 0.1) is 19.3 Å². The number of barbiturate groups is 1. The van der Waals surface area contributed by atoms with Crippen LogP contribution in [0.3, 0.4) is 0 Å². The molecule has 9 nitrogen and oxygen atoms in total. The summed E-state index contributed by atoms with van der Waals surface area (Å²) in [6.07, 6.45) is -1.14. The van der Waals surface area contributed by atoms with E-state index in [1.54, 1.807) is 0 Å². The average Bonchev–Trinajstić information content (AvgIpc) is 3.31. The van der Waals surface area contributed by atoms with Gasteiger partial charge >= 0.3 is 6.03 Å². The largest absolute Gasteiger partial charge is 0.488 e. The standard InChI is InChI=1S/C22H27F2N3O6/c23-17-2-1-13(33-14-5-8-32-11-14)9-15(17)19(25)18(24)10-16-20(28)26-22(30)27(21(16)29)12-3-6-31-7-4-12/h1-2,9,12,14,16,18-19H,3-8,10-11,25H2,(H,26,28,30)/t14-,16?,18+,19+/m1/s1. The Labute approximate surface area is 189 Å². The van der Waals surface area contributed by atoms with E-state index in [1.807, 2.05) is 0 Å². The Hall–Kier alpha value is -2.63. The van der Waals surface area contributed by atoms with Crippen molar-refractivity contribution in [3.8, 4) is 5.75 Å². The van der Waals surface area contributed by atoms with Crippen LogP contribution in [0.25, 0.3) is 0 Å². The quantitative estimate of drug-likeness (QED) is 0.585. The number of alkyl halides is 1. The van der Waals surface area contributed by atoms with Crippen molar-refractivity contribution in [1.82, 2.24) is 10.2 Å². The Morgan fingerprint density at radius 2 is 1.88 bits per heavy atom. The lowest BCUT2D eigenvalue weighted by Crippen LogP contribution is -2.62. The molecule has 3 fully saturated rings. The molecular formula is C22H27F2N3O6. The molecule has 0 saturated carbocycles. The Balaban J connectivity index is 1.46. The highest BCUT2D eigenvalue weighted by Gasteiger charge is 2.45. The molecule has 4 rings (SSSR count). The molecule has 1 aromatic carbocycles. The predicted octanol–water partition coefficient (Wildman–Crippen LogP) is 1.59. The number of nitrogens with zero attached hydrogens (tertiary/aromatic N) is 1. The maximum absolute atomic E-state index is 15.2. The molecule has 1 aromatic rings. The van der Waals surface area contributed by atoms with E-state index < -0.39 is 54.3 Å². The number of nitrogens with two attached hydrogens (primary N) is 1. The fourth-order valence-corrected chi connectivity index (χ4v) is 4.35. The first-order valence-electron chi connectivity index (χ1n) is 11.0. The summed E-state index contributed by atoms with van der Waals surface area (Å²) in [5, 5.41) is 2.13. The number of benzene rings is 1. The third-order valence-corrected chi connectivity index (χ3v) is 6.22. The van der Waals surface area contributed by atoms with Crippen LogP contribution in [-0.2, 0) is 19.1 Å². The van der Waals surface area contributed by atoms with E-state index in [1.165, 1.54) is 12.1 Å². The molecule has 0 bridgehead atoms. The number of amides is 4. The fourth-order valence-electron chi connectivity index (χ4n) is 4.35. The van der Waals surface area contributed by atoms with Crippen LogP contribution in [-0.4, -0.2) is 67.5 Å². The molecule has 3 saturated heterocycles. The smallest absolute Gasteiger partial charge is 0.331 e. The van der Waals surface area contributed by atoms with Gasteiger partial charge in [-0.25, -0.2) is 13.6 Å². The van der Waals surface area contributed by atoms with Gasteiger partial charge in [-0.2, -0.15) is 0 Å². The van der Waals surface area contributed by atoms with E-state index in [0.29, 0.717) is 51.4 Å². The predicted molar refractivity (Wildman–Crippen MR) is 110 cm³/mol. The van der Waals surface area contributed by atoms with Crippen molar-refractivity contribution in [2.75, 3.05) is 26.4 Å². The first kappa shape index (κ1) is 23.5. The van der Waals surface area contributed by atoms with Crippen molar-refractivity contribution in [1.29, 1.82) is 0 Å². The molecule has 180 valence electrons. The minimum Gasteiger partial charge on any atom is -0.488 e. The van der Waals surface area contributed by atoms with Crippen molar-refractivity contribution in [3.05, 3.63) is 29.6 Å². The lowest BCUT2D eigenvalue weighted by Gasteiger charge is -2.37. The van der Waals surface area contributed by atoms with Gasteiger partial charge < -0.3 is 19.9 Å². The Kier molecular flexibility index (Phi) is 7.20. The Morgan fingerprint density at radius 3 is 2.58 bits per heavy atom. The van der Waals surface area contributed by atoms with Gasteiger partial charge in [-0.1, -0.05) is 0 Å². The summed E-state index contributed by atoms with van der Waals surface area (Å²) in [5.41, 5.74) is 5.87. The van der Waals surface area contributed by atoms with Crippen LogP contribution >= 0.6 is 0 Å². The van der Waals surface area contributed by atoms with E-state index in [-0.39, 0.29) is 11.7 Å². The summed E-state index contributed by atoms with van der Waals surface area (Å²) >= 11 is 0. The molecule has 3 aliphatic heterocycles. The lowest BCUT2D eigenvalue weighted by molar-refractivity contribution is -0.146. The molecule has 11 heteroatoms. The molecule has 0 spiro atoms. The number of halogens is 2. The molecule has 4 amide bonds. The maximum Gasteiger partial charge on any atom is 0.331 e. The Morgan fingerprint density at radius 1 is 1.15 bits per heavy atom. The van der Waals surface area contributed by atoms with Gasteiger partial charge in [-0.15, -0.1) is 0 Å². The van der Waals surface area contributed by atoms with Crippen LogP contribution in [0.1, 0.15) is 37.3 Å². The Bertz CT molecular complexity index is 904. The zero-order valence-electron chi connectivity index (χ0n) is 18.0. The molecule has 33 heavy (non-hydrogen) atoms. The molecule has 3 heterocycles. The van der Waals surface area contributed by atoms with Crippen LogP contribution < -0.4 is 15.8 Å². The number of carbonyl (C=O) groups excluding carboxylic acids is 3. The van der Waals surface area contributed by atoms with Crippen molar-refractivity contribution >= 4 is 17.8 Å². The number of hydrogen-bond donors (Lipinski definition) is 2. The van der Waals surface area contributed by atoms with E-state index in [4.69, 9.17) is 19.9 Å². The molecule has 3 aliphatic rings. The summed E-state index contributed by atoms with van der Waals surface area (Å²) in [7, 11) is 0. The minimum absolute atomic E-state index is 0.125. The number of hydrogen-bond acceptors (Lipinski definition) is 7. The third kappa shape index (κ3) is 5.15. The number of carbonyl (C=O) groups is 3. The molecule has 3 N–H and O–H groups in total. The van der Waals surface area contributed by atoms with Crippen molar-refractivity contribution < 1.29 is 37.4 Å². The molecule has 0 aromatic heterocycles. The summed E-state index contributed by atoms with van der Waals surface area (Å²) in [4.78, 5) is 38.5. The second-order valence-electron chi connectivity index (χ2n) is 8.46. The summed E-state index contributed by atoms with van der Waals surface area (Å²) in [6, 6.07) is 1.19. The van der Waals surface area contributed by atoms with Gasteiger partial charge in [-0.05, 0) is 31.0 Å². The summed E-state index contributed by atoms with van der Waals surface area (Å²) in [5.74, 6) is -3.50. The number of nitrogens with one attached hydrogen (secondary N) is 1. The first-order chi connectivity index (χ1) is 15.8. The normalized spacial score (nSPS) is 26.3. The lowest BCUT2D eigenvalue weighted by atomic mass is 9.91. The third-order valence-electron chi connectivity index (χ3n) is 6.22. The minimum atomic E-state index is -1.92. The zero-order chi connectivity index (χ0) is 23.5. The average molecular weight is 467 g/mol. The van der Waals surface area contributed by atoms with Gasteiger partial charge in [0.25, 0.3) is 0 Å². The van der Waals surface area contributed by atoms with Gasteiger partial charge in [0.1, 0.15) is 29.8 Å². The highest BCUT2D eigenvalue weighted by molar-refractivity contribution is 6.16. The van der Waals surface area contributed by atoms with E-state index in [0.717, 1.165) is 11.0 Å². The van der Waals surface area contributed by atoms with Crippen molar-refractivity contribution in [3.63, 3.8) is 0 Å². The molecular weight excluding hydrogens is 440 g/mol. The van der Waals surface area contributed by atoms with Gasteiger partial charge in [0.2, 0.25) is 11.8 Å². The number of imide groups is 2. The summed E-state index contributed by atoms with van der Waals surface area (Å²) in [6.45, 7) is 1.73. The summed E-state index contributed by atoms with van der Waals surface area (Å²) < 4.78 is 45.9. The highest BCUT2D eigenvalue weighted by Crippen LogP contribution is 2.31. The van der Waals surface area contributed by atoms with Crippen LogP contribution in [0.4, 0.5) is 13.6 Å². The van der Waals surface area contributed by atoms with Crippen LogP contribution in [0.15, 0.2) is 18.2 Å². The van der Waals surface area contributed by atoms with Crippen molar-refractivity contribution in [2.24, 2.45) is 11.7 Å². The topological polar surface area (TPSA) is 120 Å². The number of rotatable bonds is 7. The second-order valence-corrected chi connectivity index (χ2v) is 8.46.